The monoisotopic (exact) mass is 296 g/mol. The molecule has 0 fully saturated rings. The molecular formula is C16H20N6. The van der Waals surface area contributed by atoms with Crippen LogP contribution < -0.4 is 10.6 Å². The Morgan fingerprint density at radius 2 is 2.05 bits per heavy atom. The van der Waals surface area contributed by atoms with E-state index < -0.39 is 0 Å². The normalized spacial score (nSPS) is 10.3. The summed E-state index contributed by atoms with van der Waals surface area (Å²) in [7, 11) is 4.11. The minimum absolute atomic E-state index is 0.473. The molecule has 0 aliphatic heterocycles. The Balaban J connectivity index is 1.98. The summed E-state index contributed by atoms with van der Waals surface area (Å²) in [5, 5.41) is 15.4. The summed E-state index contributed by atoms with van der Waals surface area (Å²) in [5.41, 5.74) is 1.27. The van der Waals surface area contributed by atoms with Gasteiger partial charge in [-0.15, -0.1) is 0 Å². The van der Waals surface area contributed by atoms with Crippen LogP contribution in [0.2, 0.25) is 0 Å². The standard InChI is InChI=1S/C16H20N6/c1-22(2)11-5-9-18-15-8-10-19-16(21-15)20-14-7-4-3-6-13(14)12-17/h3-4,6-8,10H,5,9,11H2,1-2H3,(H2,18,19,20,21). The van der Waals surface area contributed by atoms with Crippen LogP contribution in [0.15, 0.2) is 36.5 Å². The van der Waals surface area contributed by atoms with Crippen LogP contribution >= 0.6 is 0 Å². The molecule has 0 saturated carbocycles. The fraction of sp³-hybridized carbons (Fsp3) is 0.312. The largest absolute Gasteiger partial charge is 0.370 e. The highest BCUT2D eigenvalue weighted by Gasteiger charge is 2.04. The Morgan fingerprint density at radius 1 is 1.23 bits per heavy atom. The number of aromatic nitrogens is 2. The smallest absolute Gasteiger partial charge is 0.229 e. The number of para-hydroxylation sites is 1. The zero-order valence-electron chi connectivity index (χ0n) is 12.9. The molecule has 0 aliphatic carbocycles. The molecule has 2 rings (SSSR count). The lowest BCUT2D eigenvalue weighted by Crippen LogP contribution is -2.16. The predicted molar refractivity (Wildman–Crippen MR) is 88.1 cm³/mol. The number of nitriles is 1. The summed E-state index contributed by atoms with van der Waals surface area (Å²) in [5.74, 6) is 1.24. The molecule has 2 N–H and O–H groups in total. The molecule has 0 spiro atoms. The fourth-order valence-corrected chi connectivity index (χ4v) is 1.94. The first kappa shape index (κ1) is 15.7. The number of hydrogen-bond acceptors (Lipinski definition) is 6. The lowest BCUT2D eigenvalue weighted by Gasteiger charge is -2.11. The van der Waals surface area contributed by atoms with E-state index in [0.29, 0.717) is 17.2 Å². The topological polar surface area (TPSA) is 76.9 Å². The van der Waals surface area contributed by atoms with Crippen molar-refractivity contribution in [2.24, 2.45) is 0 Å². The molecule has 0 saturated heterocycles. The summed E-state index contributed by atoms with van der Waals surface area (Å²) >= 11 is 0. The van der Waals surface area contributed by atoms with Crippen molar-refractivity contribution in [3.05, 3.63) is 42.1 Å². The third kappa shape index (κ3) is 4.72. The molecule has 0 radical (unpaired) electrons. The van der Waals surface area contributed by atoms with Gasteiger partial charge in [-0.25, -0.2) is 4.98 Å². The lowest BCUT2D eigenvalue weighted by molar-refractivity contribution is 0.405. The van der Waals surface area contributed by atoms with Crippen LogP contribution in [0.4, 0.5) is 17.5 Å². The maximum atomic E-state index is 9.09. The van der Waals surface area contributed by atoms with Crippen LogP contribution in [-0.4, -0.2) is 42.1 Å². The summed E-state index contributed by atoms with van der Waals surface area (Å²) in [6.07, 6.45) is 2.73. The van der Waals surface area contributed by atoms with E-state index in [2.05, 4.69) is 45.7 Å². The van der Waals surface area contributed by atoms with Crippen molar-refractivity contribution >= 4 is 17.5 Å². The Bertz CT molecular complexity index is 647. The van der Waals surface area contributed by atoms with Gasteiger partial charge in [0.25, 0.3) is 0 Å². The van der Waals surface area contributed by atoms with Gasteiger partial charge in [0.05, 0.1) is 11.3 Å². The highest BCUT2D eigenvalue weighted by atomic mass is 15.1. The number of rotatable bonds is 7. The van der Waals surface area contributed by atoms with Gasteiger partial charge in [-0.1, -0.05) is 12.1 Å². The van der Waals surface area contributed by atoms with Crippen molar-refractivity contribution in [3.8, 4) is 6.07 Å². The van der Waals surface area contributed by atoms with Gasteiger partial charge in [-0.3, -0.25) is 0 Å². The highest BCUT2D eigenvalue weighted by molar-refractivity contribution is 5.63. The molecular weight excluding hydrogens is 276 g/mol. The van der Waals surface area contributed by atoms with Crippen molar-refractivity contribution in [3.63, 3.8) is 0 Å². The Kier molecular flexibility index (Phi) is 5.69. The van der Waals surface area contributed by atoms with Crippen LogP contribution in [0.5, 0.6) is 0 Å². The van der Waals surface area contributed by atoms with E-state index in [9.17, 15) is 0 Å². The van der Waals surface area contributed by atoms with Crippen molar-refractivity contribution in [2.45, 2.75) is 6.42 Å². The Morgan fingerprint density at radius 3 is 2.82 bits per heavy atom. The van der Waals surface area contributed by atoms with E-state index in [1.807, 2.05) is 24.3 Å². The van der Waals surface area contributed by atoms with Gasteiger partial charge in [-0.2, -0.15) is 10.2 Å². The van der Waals surface area contributed by atoms with E-state index in [-0.39, 0.29) is 0 Å². The quantitative estimate of drug-likeness (QED) is 0.764. The van der Waals surface area contributed by atoms with E-state index in [4.69, 9.17) is 5.26 Å². The van der Waals surface area contributed by atoms with Crippen molar-refractivity contribution < 1.29 is 0 Å². The van der Waals surface area contributed by atoms with E-state index in [0.717, 1.165) is 25.3 Å². The van der Waals surface area contributed by atoms with E-state index in [1.165, 1.54) is 0 Å². The maximum Gasteiger partial charge on any atom is 0.229 e. The van der Waals surface area contributed by atoms with Crippen LogP contribution in [0.1, 0.15) is 12.0 Å². The number of nitrogens with zero attached hydrogens (tertiary/aromatic N) is 4. The van der Waals surface area contributed by atoms with Gasteiger partial charge in [0.1, 0.15) is 11.9 Å². The second-order valence-corrected chi connectivity index (χ2v) is 5.13. The third-order valence-electron chi connectivity index (χ3n) is 3.04. The van der Waals surface area contributed by atoms with Gasteiger partial charge in [0.15, 0.2) is 0 Å². The molecule has 1 aromatic carbocycles. The van der Waals surface area contributed by atoms with Gasteiger partial charge >= 0.3 is 0 Å². The summed E-state index contributed by atoms with van der Waals surface area (Å²) in [6.45, 7) is 1.88. The molecule has 1 heterocycles. The van der Waals surface area contributed by atoms with E-state index in [1.54, 1.807) is 12.3 Å². The Hall–Kier alpha value is -2.65. The summed E-state index contributed by atoms with van der Waals surface area (Å²) < 4.78 is 0. The van der Waals surface area contributed by atoms with Crippen LogP contribution in [0.3, 0.4) is 0 Å². The molecule has 0 bridgehead atoms. The van der Waals surface area contributed by atoms with Crippen molar-refractivity contribution in [2.75, 3.05) is 37.8 Å². The molecule has 22 heavy (non-hydrogen) atoms. The molecule has 0 atom stereocenters. The second-order valence-electron chi connectivity index (χ2n) is 5.13. The zero-order chi connectivity index (χ0) is 15.8. The number of anilines is 3. The van der Waals surface area contributed by atoms with E-state index >= 15 is 0 Å². The molecule has 2 aromatic rings. The molecule has 6 nitrogen and oxygen atoms in total. The lowest BCUT2D eigenvalue weighted by atomic mass is 10.2. The van der Waals surface area contributed by atoms with Gasteiger partial charge in [0, 0.05) is 12.7 Å². The predicted octanol–water partition coefficient (Wildman–Crippen LogP) is 2.46. The summed E-state index contributed by atoms with van der Waals surface area (Å²) in [4.78, 5) is 10.7. The van der Waals surface area contributed by atoms with Crippen LogP contribution in [-0.2, 0) is 0 Å². The molecule has 6 heteroatoms. The van der Waals surface area contributed by atoms with Crippen LogP contribution in [0, 0.1) is 11.3 Å². The fourth-order valence-electron chi connectivity index (χ4n) is 1.94. The average Bonchev–Trinajstić information content (AvgIpc) is 2.52. The molecule has 1 aromatic heterocycles. The number of hydrogen-bond donors (Lipinski definition) is 2. The van der Waals surface area contributed by atoms with Gasteiger partial charge < -0.3 is 15.5 Å². The first-order valence-corrected chi connectivity index (χ1v) is 7.17. The molecule has 114 valence electrons. The third-order valence-corrected chi connectivity index (χ3v) is 3.04. The zero-order valence-corrected chi connectivity index (χ0v) is 12.9. The maximum absolute atomic E-state index is 9.09. The van der Waals surface area contributed by atoms with Crippen LogP contribution in [0.25, 0.3) is 0 Å². The van der Waals surface area contributed by atoms with Crippen molar-refractivity contribution in [1.82, 2.24) is 14.9 Å². The molecule has 0 unspecified atom stereocenters. The number of benzene rings is 1. The van der Waals surface area contributed by atoms with Crippen molar-refractivity contribution in [1.29, 1.82) is 5.26 Å². The highest BCUT2D eigenvalue weighted by Crippen LogP contribution is 2.18. The number of nitrogens with one attached hydrogen (secondary N) is 2. The second kappa shape index (κ2) is 7.96. The minimum Gasteiger partial charge on any atom is -0.370 e. The Labute approximate surface area is 130 Å². The van der Waals surface area contributed by atoms with Gasteiger partial charge in [0.2, 0.25) is 5.95 Å². The van der Waals surface area contributed by atoms with Gasteiger partial charge in [-0.05, 0) is 45.3 Å². The average molecular weight is 296 g/mol. The molecule has 0 aliphatic rings. The first-order valence-electron chi connectivity index (χ1n) is 7.17. The summed E-state index contributed by atoms with van der Waals surface area (Å²) in [6, 6.07) is 11.3. The molecule has 0 amide bonds. The minimum atomic E-state index is 0.473. The first-order chi connectivity index (χ1) is 10.7. The SMILES string of the molecule is CN(C)CCCNc1ccnc(Nc2ccccc2C#N)n1.